The number of sulfonamides is 1. The number of hydrogen-bond acceptors (Lipinski definition) is 4. The van der Waals surface area contributed by atoms with Crippen LogP contribution in [0.1, 0.15) is 38.2 Å². The zero-order valence-corrected chi connectivity index (χ0v) is 18.8. The van der Waals surface area contributed by atoms with Crippen LogP contribution in [0.2, 0.25) is 0 Å². The molecule has 0 atom stereocenters. The van der Waals surface area contributed by atoms with Crippen molar-refractivity contribution in [3.8, 4) is 5.75 Å². The summed E-state index contributed by atoms with van der Waals surface area (Å²) >= 11 is 0. The Bertz CT molecular complexity index is 1040. The van der Waals surface area contributed by atoms with Gasteiger partial charge >= 0.3 is 0 Å². The van der Waals surface area contributed by atoms with Gasteiger partial charge in [-0.05, 0) is 49.1 Å². The van der Waals surface area contributed by atoms with E-state index in [4.69, 9.17) is 4.74 Å². The molecule has 1 aliphatic heterocycles. The van der Waals surface area contributed by atoms with Gasteiger partial charge in [0.1, 0.15) is 12.4 Å². The number of halogens is 2. The van der Waals surface area contributed by atoms with Crippen LogP contribution in [0.4, 0.5) is 14.5 Å². The molecule has 0 spiro atoms. The summed E-state index contributed by atoms with van der Waals surface area (Å²) in [6.07, 6.45) is 2.28. The first-order valence-electron chi connectivity index (χ1n) is 10.7. The van der Waals surface area contributed by atoms with Crippen molar-refractivity contribution in [3.63, 3.8) is 0 Å². The van der Waals surface area contributed by atoms with Crippen LogP contribution in [0.3, 0.4) is 0 Å². The molecule has 0 radical (unpaired) electrons. The van der Waals surface area contributed by atoms with Crippen molar-refractivity contribution in [2.75, 3.05) is 24.2 Å². The van der Waals surface area contributed by atoms with Crippen LogP contribution in [0.15, 0.2) is 42.5 Å². The molecular formula is C23H28F2N2O4S. The predicted molar refractivity (Wildman–Crippen MR) is 119 cm³/mol. The van der Waals surface area contributed by atoms with Crippen LogP contribution in [0.5, 0.6) is 5.75 Å². The Kier molecular flexibility index (Phi) is 8.20. The standard InChI is InChI=1S/C23H28F2N2O4S/c1-2-3-13-32(29,30)27-11-9-18(10-12-27)23(28)26-20-7-8-22(21(25)15-20)31-16-17-5-4-6-19(24)14-17/h4-8,14-15,18H,2-3,9-13,16H2,1H3,(H,26,28). The fraction of sp³-hybridized carbons (Fsp3) is 0.435. The zero-order valence-electron chi connectivity index (χ0n) is 18.0. The summed E-state index contributed by atoms with van der Waals surface area (Å²) in [6, 6.07) is 9.97. The molecule has 2 aromatic carbocycles. The van der Waals surface area contributed by atoms with Gasteiger partial charge in [0.2, 0.25) is 15.9 Å². The monoisotopic (exact) mass is 466 g/mol. The highest BCUT2D eigenvalue weighted by molar-refractivity contribution is 7.89. The highest BCUT2D eigenvalue weighted by Crippen LogP contribution is 2.25. The van der Waals surface area contributed by atoms with Crippen LogP contribution in [0.25, 0.3) is 0 Å². The number of anilines is 1. The van der Waals surface area contributed by atoms with Gasteiger partial charge in [0.25, 0.3) is 0 Å². The number of carbonyl (C=O) groups is 1. The molecule has 9 heteroatoms. The van der Waals surface area contributed by atoms with Gasteiger partial charge in [0.05, 0.1) is 5.75 Å². The minimum atomic E-state index is -3.27. The van der Waals surface area contributed by atoms with E-state index in [0.29, 0.717) is 43.6 Å². The first kappa shape index (κ1) is 24.1. The molecular weight excluding hydrogens is 438 g/mol. The molecule has 1 fully saturated rings. The number of carbonyl (C=O) groups excluding carboxylic acids is 1. The summed E-state index contributed by atoms with van der Waals surface area (Å²) in [5.74, 6) is -1.50. The van der Waals surface area contributed by atoms with E-state index in [-0.39, 0.29) is 29.9 Å². The summed E-state index contributed by atoms with van der Waals surface area (Å²) in [5, 5.41) is 2.70. The molecule has 0 saturated carbocycles. The summed E-state index contributed by atoms with van der Waals surface area (Å²) < 4.78 is 59.1. The number of rotatable bonds is 9. The Labute approximate surface area is 187 Å². The van der Waals surface area contributed by atoms with Crippen LogP contribution in [0, 0.1) is 17.6 Å². The highest BCUT2D eigenvalue weighted by Gasteiger charge is 2.30. The first-order valence-corrected chi connectivity index (χ1v) is 12.3. The predicted octanol–water partition coefficient (Wildman–Crippen LogP) is 4.32. The Morgan fingerprint density at radius 3 is 2.56 bits per heavy atom. The summed E-state index contributed by atoms with van der Waals surface area (Å²) in [4.78, 5) is 12.6. The number of unbranched alkanes of at least 4 members (excludes halogenated alkanes) is 1. The maximum atomic E-state index is 14.4. The number of piperidine rings is 1. The molecule has 1 N–H and O–H groups in total. The van der Waals surface area contributed by atoms with E-state index in [9.17, 15) is 22.0 Å². The second-order valence-electron chi connectivity index (χ2n) is 7.90. The zero-order chi connectivity index (χ0) is 23.1. The number of amides is 1. The van der Waals surface area contributed by atoms with Gasteiger partial charge in [-0.15, -0.1) is 0 Å². The molecule has 1 saturated heterocycles. The molecule has 0 aromatic heterocycles. The molecule has 0 aliphatic carbocycles. The van der Waals surface area contributed by atoms with Crippen molar-refractivity contribution in [2.24, 2.45) is 5.92 Å². The van der Waals surface area contributed by atoms with Crippen LogP contribution in [-0.2, 0) is 21.4 Å². The Morgan fingerprint density at radius 2 is 1.91 bits per heavy atom. The van der Waals surface area contributed by atoms with Gasteiger partial charge in [-0.25, -0.2) is 21.5 Å². The summed E-state index contributed by atoms with van der Waals surface area (Å²) in [6.45, 7) is 2.58. The van der Waals surface area contributed by atoms with E-state index >= 15 is 0 Å². The van der Waals surface area contributed by atoms with E-state index in [1.54, 1.807) is 12.1 Å². The average molecular weight is 467 g/mol. The van der Waals surface area contributed by atoms with Gasteiger partial charge in [0.15, 0.2) is 11.6 Å². The smallest absolute Gasteiger partial charge is 0.227 e. The lowest BCUT2D eigenvalue weighted by Crippen LogP contribution is -2.42. The Hall–Kier alpha value is -2.52. The molecule has 0 bridgehead atoms. The fourth-order valence-corrected chi connectivity index (χ4v) is 5.26. The maximum Gasteiger partial charge on any atom is 0.227 e. The van der Waals surface area contributed by atoms with E-state index in [1.165, 1.54) is 34.6 Å². The van der Waals surface area contributed by atoms with Gasteiger partial charge in [-0.1, -0.05) is 25.5 Å². The lowest BCUT2D eigenvalue weighted by Gasteiger charge is -2.30. The lowest BCUT2D eigenvalue weighted by atomic mass is 9.97. The molecule has 32 heavy (non-hydrogen) atoms. The SMILES string of the molecule is CCCCS(=O)(=O)N1CCC(C(=O)Nc2ccc(OCc3cccc(F)c3)c(F)c2)CC1. The largest absolute Gasteiger partial charge is 0.486 e. The second-order valence-corrected chi connectivity index (χ2v) is 9.98. The normalized spacial score (nSPS) is 15.5. The van der Waals surface area contributed by atoms with Crippen LogP contribution < -0.4 is 10.1 Å². The number of benzene rings is 2. The third-order valence-corrected chi connectivity index (χ3v) is 7.41. The first-order chi connectivity index (χ1) is 15.3. The van der Waals surface area contributed by atoms with Crippen LogP contribution >= 0.6 is 0 Å². The third kappa shape index (κ3) is 6.49. The number of nitrogens with zero attached hydrogens (tertiary/aromatic N) is 1. The molecule has 6 nitrogen and oxygen atoms in total. The molecule has 1 aliphatic rings. The van der Waals surface area contributed by atoms with Crippen molar-refractivity contribution in [2.45, 2.75) is 39.2 Å². The van der Waals surface area contributed by atoms with Gasteiger partial charge in [0, 0.05) is 30.8 Å². The molecule has 1 amide bonds. The number of nitrogens with one attached hydrogen (secondary N) is 1. The second kappa shape index (κ2) is 10.9. The fourth-order valence-electron chi connectivity index (χ4n) is 3.58. The van der Waals surface area contributed by atoms with E-state index in [2.05, 4.69) is 5.32 Å². The number of ether oxygens (including phenoxy) is 1. The van der Waals surface area contributed by atoms with E-state index in [0.717, 1.165) is 6.42 Å². The van der Waals surface area contributed by atoms with Crippen molar-refractivity contribution in [3.05, 3.63) is 59.7 Å². The topological polar surface area (TPSA) is 75.7 Å². The van der Waals surface area contributed by atoms with Gasteiger partial charge in [-0.2, -0.15) is 0 Å². The minimum Gasteiger partial charge on any atom is -0.486 e. The number of hydrogen-bond donors (Lipinski definition) is 1. The molecule has 1 heterocycles. The minimum absolute atomic E-state index is 0.00199. The third-order valence-electron chi connectivity index (χ3n) is 5.46. The molecule has 2 aromatic rings. The quantitative estimate of drug-likeness (QED) is 0.597. The van der Waals surface area contributed by atoms with Gasteiger partial charge < -0.3 is 10.1 Å². The lowest BCUT2D eigenvalue weighted by molar-refractivity contribution is -0.120. The van der Waals surface area contributed by atoms with Crippen molar-refractivity contribution in [1.29, 1.82) is 0 Å². The highest BCUT2D eigenvalue weighted by atomic mass is 32.2. The van der Waals surface area contributed by atoms with Gasteiger partial charge in [-0.3, -0.25) is 4.79 Å². The van der Waals surface area contributed by atoms with Crippen molar-refractivity contribution < 1.29 is 26.7 Å². The van der Waals surface area contributed by atoms with E-state index < -0.39 is 21.7 Å². The Balaban J connectivity index is 1.52. The Morgan fingerprint density at radius 1 is 1.16 bits per heavy atom. The summed E-state index contributed by atoms with van der Waals surface area (Å²) in [5.41, 5.74) is 0.869. The molecule has 0 unspecified atom stereocenters. The average Bonchev–Trinajstić information content (AvgIpc) is 2.77. The molecule has 174 valence electrons. The van der Waals surface area contributed by atoms with Crippen molar-refractivity contribution >= 4 is 21.6 Å². The molecule has 3 rings (SSSR count). The van der Waals surface area contributed by atoms with Crippen LogP contribution in [-0.4, -0.2) is 37.5 Å². The maximum absolute atomic E-state index is 14.4. The summed E-state index contributed by atoms with van der Waals surface area (Å²) in [7, 11) is -3.27. The van der Waals surface area contributed by atoms with Crippen molar-refractivity contribution in [1.82, 2.24) is 4.31 Å². The van der Waals surface area contributed by atoms with E-state index in [1.807, 2.05) is 6.92 Å².